The van der Waals surface area contributed by atoms with Gasteiger partial charge in [0.1, 0.15) is 12.8 Å². The Morgan fingerprint density at radius 1 is 1.25 bits per heavy atom. The smallest absolute Gasteiger partial charge is 0.409 e. The summed E-state index contributed by atoms with van der Waals surface area (Å²) in [4.78, 5) is 37.0. The third-order valence-electron chi connectivity index (χ3n) is 3.75. The summed E-state index contributed by atoms with van der Waals surface area (Å²) in [6, 6.07) is 9.29. The fraction of sp³-hybridized carbons (Fsp3) is 0.471. The number of nitrogens with zero attached hydrogens (tertiary/aromatic N) is 1. The summed E-state index contributed by atoms with van der Waals surface area (Å²) < 4.78 is 5.20. The highest BCUT2D eigenvalue weighted by molar-refractivity contribution is 9.09. The molecule has 0 radical (unpaired) electrons. The van der Waals surface area contributed by atoms with E-state index in [2.05, 4.69) is 21.2 Å². The van der Waals surface area contributed by atoms with E-state index in [4.69, 9.17) is 4.74 Å². The molecule has 0 unspecified atom stereocenters. The maximum absolute atomic E-state index is 12.1. The van der Waals surface area contributed by atoms with E-state index >= 15 is 0 Å². The Balaban J connectivity index is 2.00. The predicted molar refractivity (Wildman–Crippen MR) is 92.3 cm³/mol. The second-order valence-corrected chi connectivity index (χ2v) is 6.79. The molecular weight excluding hydrogens is 376 g/mol. The van der Waals surface area contributed by atoms with Crippen molar-refractivity contribution in [2.75, 3.05) is 0 Å². The van der Waals surface area contributed by atoms with Gasteiger partial charge in [-0.2, -0.15) is 0 Å². The summed E-state index contributed by atoms with van der Waals surface area (Å²) in [5, 5.41) is 2.65. The summed E-state index contributed by atoms with van der Waals surface area (Å²) in [7, 11) is 0. The highest BCUT2D eigenvalue weighted by Gasteiger charge is 2.39. The van der Waals surface area contributed by atoms with Gasteiger partial charge in [-0.3, -0.25) is 19.8 Å². The van der Waals surface area contributed by atoms with Gasteiger partial charge < -0.3 is 4.74 Å². The molecule has 1 heterocycles. The first-order chi connectivity index (χ1) is 11.5. The Morgan fingerprint density at radius 2 is 1.88 bits per heavy atom. The lowest BCUT2D eigenvalue weighted by Gasteiger charge is -2.30. The maximum Gasteiger partial charge on any atom is 0.409 e. The normalized spacial score (nSPS) is 16.8. The first-order valence-corrected chi connectivity index (χ1v) is 8.90. The second kappa shape index (κ2) is 8.82. The number of nitrogens with one attached hydrogen (secondary N) is 1. The third-order valence-corrected chi connectivity index (χ3v) is 4.71. The molecule has 0 spiro atoms. The lowest BCUT2D eigenvalue weighted by Crippen LogP contribution is -2.55. The first-order valence-electron chi connectivity index (χ1n) is 7.99. The molecule has 1 fully saturated rings. The van der Waals surface area contributed by atoms with Crippen LogP contribution in [0.5, 0.6) is 0 Å². The van der Waals surface area contributed by atoms with Crippen molar-refractivity contribution in [3.8, 4) is 0 Å². The van der Waals surface area contributed by atoms with E-state index in [1.165, 1.54) is 0 Å². The molecule has 1 aromatic rings. The number of carbonyl (C=O) groups is 3. The molecule has 1 saturated heterocycles. The molecule has 3 amide bonds. The number of benzene rings is 1. The molecule has 0 bridgehead atoms. The zero-order valence-electron chi connectivity index (χ0n) is 13.5. The lowest BCUT2D eigenvalue weighted by molar-refractivity contribution is -0.141. The molecule has 1 N–H and O–H groups in total. The molecule has 0 aromatic heterocycles. The van der Waals surface area contributed by atoms with Crippen LogP contribution < -0.4 is 5.32 Å². The van der Waals surface area contributed by atoms with Gasteiger partial charge >= 0.3 is 6.09 Å². The van der Waals surface area contributed by atoms with Crippen molar-refractivity contribution in [2.24, 2.45) is 0 Å². The molecule has 1 aromatic carbocycles. The van der Waals surface area contributed by atoms with Crippen LogP contribution in [-0.2, 0) is 20.9 Å². The van der Waals surface area contributed by atoms with E-state index in [9.17, 15) is 14.4 Å². The molecule has 1 aliphatic heterocycles. The molecule has 24 heavy (non-hydrogen) atoms. The average molecular weight is 397 g/mol. The Kier molecular flexibility index (Phi) is 6.78. The molecule has 0 saturated carbocycles. The Hall–Kier alpha value is -1.89. The number of hydrogen-bond donors (Lipinski definition) is 1. The van der Waals surface area contributed by atoms with Crippen LogP contribution in [0.3, 0.4) is 0 Å². The topological polar surface area (TPSA) is 75.7 Å². The van der Waals surface area contributed by atoms with Crippen molar-refractivity contribution in [3.63, 3.8) is 0 Å². The molecule has 2 rings (SSSR count). The largest absolute Gasteiger partial charge is 0.445 e. The molecule has 130 valence electrons. The SMILES string of the molecule is CCC[C@H](Br)[C@H](NC(=O)OCc1ccccc1)N1C(=O)CCC1=O. The number of likely N-dealkylation sites (tertiary alicyclic amines) is 1. The molecule has 1 aliphatic rings. The number of ether oxygens (including phenoxy) is 1. The van der Waals surface area contributed by atoms with Crippen molar-refractivity contribution >= 4 is 33.8 Å². The number of carbonyl (C=O) groups excluding carboxylic acids is 3. The monoisotopic (exact) mass is 396 g/mol. The van der Waals surface area contributed by atoms with Gasteiger partial charge in [0.15, 0.2) is 0 Å². The van der Waals surface area contributed by atoms with Crippen LogP contribution in [0.2, 0.25) is 0 Å². The highest BCUT2D eigenvalue weighted by Crippen LogP contribution is 2.22. The number of alkyl halides is 1. The lowest BCUT2D eigenvalue weighted by atomic mass is 10.2. The zero-order valence-corrected chi connectivity index (χ0v) is 15.1. The van der Waals surface area contributed by atoms with Gasteiger partial charge in [0, 0.05) is 12.8 Å². The predicted octanol–water partition coefficient (Wildman–Crippen LogP) is 2.95. The summed E-state index contributed by atoms with van der Waals surface area (Å²) in [5.41, 5.74) is 0.862. The second-order valence-electron chi connectivity index (χ2n) is 5.61. The van der Waals surface area contributed by atoms with Gasteiger partial charge in [0.2, 0.25) is 11.8 Å². The minimum absolute atomic E-state index is 0.127. The van der Waals surface area contributed by atoms with Crippen LogP contribution in [-0.4, -0.2) is 33.8 Å². The molecular formula is C17H21BrN2O4. The fourth-order valence-electron chi connectivity index (χ4n) is 2.54. The molecule has 0 aliphatic carbocycles. The zero-order chi connectivity index (χ0) is 17.5. The van der Waals surface area contributed by atoms with Crippen LogP contribution in [0.25, 0.3) is 0 Å². The molecule has 2 atom stereocenters. The van der Waals surface area contributed by atoms with Crippen molar-refractivity contribution in [1.29, 1.82) is 0 Å². The Bertz CT molecular complexity index is 578. The van der Waals surface area contributed by atoms with Gasteiger partial charge in [-0.05, 0) is 12.0 Å². The van der Waals surface area contributed by atoms with E-state index in [1.807, 2.05) is 37.3 Å². The Morgan fingerprint density at radius 3 is 2.46 bits per heavy atom. The van der Waals surface area contributed by atoms with Gasteiger partial charge in [0.25, 0.3) is 0 Å². The average Bonchev–Trinajstić information content (AvgIpc) is 2.90. The summed E-state index contributed by atoms with van der Waals surface area (Å²) in [6.07, 6.45) is 0.529. The highest BCUT2D eigenvalue weighted by atomic mass is 79.9. The van der Waals surface area contributed by atoms with Crippen molar-refractivity contribution in [1.82, 2.24) is 10.2 Å². The number of amides is 3. The molecule has 6 nitrogen and oxygen atoms in total. The van der Waals surface area contributed by atoms with E-state index in [1.54, 1.807) is 0 Å². The fourth-order valence-corrected chi connectivity index (χ4v) is 3.37. The van der Waals surface area contributed by atoms with Gasteiger partial charge in [0.05, 0.1) is 4.83 Å². The quantitative estimate of drug-likeness (QED) is 0.567. The minimum atomic E-state index is -0.740. The van der Waals surface area contributed by atoms with E-state index < -0.39 is 12.3 Å². The summed E-state index contributed by atoms with van der Waals surface area (Å²) in [6.45, 7) is 2.12. The van der Waals surface area contributed by atoms with Gasteiger partial charge in [-0.15, -0.1) is 0 Å². The Labute approximate surface area is 149 Å². The number of halogens is 1. The van der Waals surface area contributed by atoms with Crippen LogP contribution in [0.1, 0.15) is 38.2 Å². The number of alkyl carbamates (subject to hydrolysis) is 1. The standard InChI is InChI=1S/C17H21BrN2O4/c1-2-6-13(18)16(20-14(21)9-10-15(20)22)19-17(23)24-11-12-7-4-3-5-8-12/h3-5,7-8,13,16H,2,6,9-11H2,1H3,(H,19,23)/t13-,16+/m0/s1. The number of rotatable bonds is 7. The van der Waals surface area contributed by atoms with Crippen LogP contribution in [0, 0.1) is 0 Å². The number of imide groups is 1. The van der Waals surface area contributed by atoms with Gasteiger partial charge in [-0.25, -0.2) is 4.79 Å². The maximum atomic E-state index is 12.1. The minimum Gasteiger partial charge on any atom is -0.445 e. The van der Waals surface area contributed by atoms with E-state index in [-0.39, 0.29) is 36.1 Å². The number of hydrogen-bond acceptors (Lipinski definition) is 4. The van der Waals surface area contributed by atoms with E-state index in [0.717, 1.165) is 16.9 Å². The van der Waals surface area contributed by atoms with Crippen molar-refractivity contribution in [3.05, 3.63) is 35.9 Å². The van der Waals surface area contributed by atoms with Crippen LogP contribution >= 0.6 is 15.9 Å². The third kappa shape index (κ3) is 4.80. The summed E-state index contributed by atoms with van der Waals surface area (Å²) >= 11 is 3.48. The van der Waals surface area contributed by atoms with E-state index in [0.29, 0.717) is 6.42 Å². The summed E-state index contributed by atoms with van der Waals surface area (Å²) in [5.74, 6) is -0.539. The molecule has 7 heteroatoms. The van der Waals surface area contributed by atoms with Gasteiger partial charge in [-0.1, -0.05) is 59.6 Å². The van der Waals surface area contributed by atoms with Crippen LogP contribution in [0.15, 0.2) is 30.3 Å². The van der Waals surface area contributed by atoms with Crippen molar-refractivity contribution < 1.29 is 19.1 Å². The first kappa shape index (κ1) is 18.4. The van der Waals surface area contributed by atoms with Crippen LogP contribution in [0.4, 0.5) is 4.79 Å². The van der Waals surface area contributed by atoms with Crippen molar-refractivity contribution in [2.45, 2.75) is 50.2 Å².